The minimum Gasteiger partial charge on any atom is -0.475 e. The molecule has 0 fully saturated rings. The Morgan fingerprint density at radius 3 is 3.23 bits per heavy atom. The van der Waals surface area contributed by atoms with E-state index in [-0.39, 0.29) is 5.82 Å². The number of carboxylic acid groups (broad SMARTS) is 1. The number of carbonyl (C=O) groups is 1. The molecule has 1 aliphatic rings. The quantitative estimate of drug-likeness (QED) is 0.640. The second-order valence-corrected chi connectivity index (χ2v) is 3.23. The minimum atomic E-state index is -1.09. The smallest absolute Gasteiger partial charge is 0.375 e. The predicted molar refractivity (Wildman–Crippen MR) is 44.6 cm³/mol. The number of aromatic nitrogens is 3. The molecule has 0 saturated carbocycles. The summed E-state index contributed by atoms with van der Waals surface area (Å²) < 4.78 is 1.59. The lowest BCUT2D eigenvalue weighted by Crippen LogP contribution is -2.25. The van der Waals surface area contributed by atoms with E-state index in [0.717, 1.165) is 13.1 Å². The Morgan fingerprint density at radius 2 is 2.54 bits per heavy atom. The average molecular weight is 182 g/mol. The molecule has 2 rings (SSSR count). The number of fused-ring (bicyclic) bond motifs is 1. The van der Waals surface area contributed by atoms with Crippen molar-refractivity contribution in [1.82, 2.24) is 14.8 Å². The van der Waals surface area contributed by atoms with Crippen molar-refractivity contribution in [1.29, 1.82) is 0 Å². The Labute approximate surface area is 74.6 Å². The number of nitrogens with one attached hydrogen (secondary N) is 1. The molecule has 6 heteroatoms. The van der Waals surface area contributed by atoms with Gasteiger partial charge in [0, 0.05) is 13.1 Å². The zero-order chi connectivity index (χ0) is 9.42. The zero-order valence-electron chi connectivity index (χ0n) is 7.19. The number of nitrogens with zero attached hydrogens (tertiary/aromatic N) is 3. The highest BCUT2D eigenvalue weighted by molar-refractivity contribution is 5.83. The number of anilines is 1. The first-order valence-corrected chi connectivity index (χ1v) is 4.09. The highest BCUT2D eigenvalue weighted by atomic mass is 16.4. The molecule has 2 heterocycles. The molecule has 1 aromatic rings. The van der Waals surface area contributed by atoms with E-state index in [2.05, 4.69) is 22.3 Å². The van der Waals surface area contributed by atoms with Gasteiger partial charge in [-0.25, -0.2) is 9.48 Å². The van der Waals surface area contributed by atoms with Crippen LogP contribution in [0.2, 0.25) is 0 Å². The van der Waals surface area contributed by atoms with Gasteiger partial charge in [0.05, 0.1) is 0 Å². The maximum absolute atomic E-state index is 10.5. The molecule has 2 N–H and O–H groups in total. The molecular formula is C7H10N4O2. The van der Waals surface area contributed by atoms with Gasteiger partial charge in [-0.1, -0.05) is 6.92 Å². The van der Waals surface area contributed by atoms with Crippen LogP contribution in [0.3, 0.4) is 0 Å². The van der Waals surface area contributed by atoms with Crippen molar-refractivity contribution in [2.24, 2.45) is 5.92 Å². The van der Waals surface area contributed by atoms with E-state index in [1.54, 1.807) is 4.68 Å². The van der Waals surface area contributed by atoms with Gasteiger partial charge in [-0.2, -0.15) is 4.98 Å². The van der Waals surface area contributed by atoms with E-state index >= 15 is 0 Å². The van der Waals surface area contributed by atoms with E-state index < -0.39 is 5.97 Å². The van der Waals surface area contributed by atoms with Crippen LogP contribution in [-0.4, -0.2) is 32.4 Å². The molecule has 0 bridgehead atoms. The van der Waals surface area contributed by atoms with Gasteiger partial charge in [-0.05, 0) is 5.92 Å². The lowest BCUT2D eigenvalue weighted by atomic mass is 10.1. The first-order valence-electron chi connectivity index (χ1n) is 4.09. The third kappa shape index (κ3) is 1.34. The summed E-state index contributed by atoms with van der Waals surface area (Å²) in [6, 6.07) is 0. The van der Waals surface area contributed by atoms with Crippen LogP contribution in [0.5, 0.6) is 0 Å². The van der Waals surface area contributed by atoms with Crippen LogP contribution in [0.25, 0.3) is 0 Å². The third-order valence-electron chi connectivity index (χ3n) is 1.96. The molecule has 1 unspecified atom stereocenters. The van der Waals surface area contributed by atoms with E-state index in [4.69, 9.17) is 5.11 Å². The van der Waals surface area contributed by atoms with Crippen LogP contribution in [0.1, 0.15) is 17.5 Å². The van der Waals surface area contributed by atoms with Crippen LogP contribution < -0.4 is 5.32 Å². The average Bonchev–Trinajstić information content (AvgIpc) is 2.46. The van der Waals surface area contributed by atoms with E-state index in [9.17, 15) is 4.79 Å². The number of aromatic carboxylic acids is 1. The van der Waals surface area contributed by atoms with Crippen LogP contribution in [0, 0.1) is 5.92 Å². The zero-order valence-corrected chi connectivity index (χ0v) is 7.19. The molecule has 70 valence electrons. The Morgan fingerprint density at radius 1 is 1.77 bits per heavy atom. The lowest BCUT2D eigenvalue weighted by Gasteiger charge is -2.19. The van der Waals surface area contributed by atoms with Crippen LogP contribution in [0.15, 0.2) is 0 Å². The summed E-state index contributed by atoms with van der Waals surface area (Å²) >= 11 is 0. The molecule has 0 spiro atoms. The van der Waals surface area contributed by atoms with Crippen LogP contribution in [-0.2, 0) is 6.54 Å². The van der Waals surface area contributed by atoms with Crippen molar-refractivity contribution in [2.45, 2.75) is 13.5 Å². The monoisotopic (exact) mass is 182 g/mol. The van der Waals surface area contributed by atoms with Gasteiger partial charge >= 0.3 is 5.97 Å². The molecule has 0 saturated heterocycles. The highest BCUT2D eigenvalue weighted by Gasteiger charge is 2.20. The van der Waals surface area contributed by atoms with Gasteiger partial charge in [0.2, 0.25) is 5.95 Å². The van der Waals surface area contributed by atoms with Crippen molar-refractivity contribution < 1.29 is 9.90 Å². The van der Waals surface area contributed by atoms with Gasteiger partial charge < -0.3 is 10.4 Å². The van der Waals surface area contributed by atoms with Gasteiger partial charge in [0.25, 0.3) is 5.82 Å². The predicted octanol–water partition coefficient (Wildman–Crippen LogP) is 0.0379. The second-order valence-electron chi connectivity index (χ2n) is 3.23. The van der Waals surface area contributed by atoms with Gasteiger partial charge in [0.15, 0.2) is 0 Å². The standard InChI is InChI=1S/C7H10N4O2/c1-4-2-8-7-9-5(6(12)13)10-11(7)3-4/h4H,2-3H2,1H3,(H,12,13)(H,8,9,10). The number of hydrogen-bond donors (Lipinski definition) is 2. The summed E-state index contributed by atoms with van der Waals surface area (Å²) in [5, 5.41) is 15.5. The Kier molecular flexibility index (Phi) is 1.68. The van der Waals surface area contributed by atoms with E-state index in [0.29, 0.717) is 11.9 Å². The molecular weight excluding hydrogens is 172 g/mol. The normalized spacial score (nSPS) is 20.5. The number of rotatable bonds is 1. The minimum absolute atomic E-state index is 0.142. The fourth-order valence-corrected chi connectivity index (χ4v) is 1.32. The highest BCUT2D eigenvalue weighted by Crippen LogP contribution is 2.14. The Hall–Kier alpha value is -1.59. The van der Waals surface area contributed by atoms with Crippen molar-refractivity contribution >= 4 is 11.9 Å². The summed E-state index contributed by atoms with van der Waals surface area (Å²) in [4.78, 5) is 14.4. The summed E-state index contributed by atoms with van der Waals surface area (Å²) in [5.41, 5.74) is 0. The molecule has 13 heavy (non-hydrogen) atoms. The molecule has 0 aliphatic carbocycles. The van der Waals surface area contributed by atoms with Crippen molar-refractivity contribution in [3.8, 4) is 0 Å². The molecule has 1 aromatic heterocycles. The topological polar surface area (TPSA) is 80.0 Å². The van der Waals surface area contributed by atoms with Crippen molar-refractivity contribution in [2.75, 3.05) is 11.9 Å². The molecule has 1 aliphatic heterocycles. The van der Waals surface area contributed by atoms with Gasteiger partial charge in [0.1, 0.15) is 0 Å². The number of carboxylic acids is 1. The molecule has 0 radical (unpaired) electrons. The lowest BCUT2D eigenvalue weighted by molar-refractivity contribution is 0.0683. The summed E-state index contributed by atoms with van der Waals surface area (Å²) in [5.74, 6) is -0.223. The fraction of sp³-hybridized carbons (Fsp3) is 0.571. The first kappa shape index (κ1) is 8.03. The third-order valence-corrected chi connectivity index (χ3v) is 1.96. The largest absolute Gasteiger partial charge is 0.475 e. The van der Waals surface area contributed by atoms with E-state index in [1.807, 2.05) is 0 Å². The molecule has 0 aromatic carbocycles. The number of hydrogen-bond acceptors (Lipinski definition) is 4. The van der Waals surface area contributed by atoms with Gasteiger partial charge in [-0.3, -0.25) is 0 Å². The SMILES string of the molecule is CC1CNc2nc(C(=O)O)nn2C1. The van der Waals surface area contributed by atoms with Crippen molar-refractivity contribution in [3.05, 3.63) is 5.82 Å². The second kappa shape index (κ2) is 2.72. The van der Waals surface area contributed by atoms with Crippen LogP contribution in [0.4, 0.5) is 5.95 Å². The first-order chi connectivity index (χ1) is 6.16. The van der Waals surface area contributed by atoms with Crippen LogP contribution >= 0.6 is 0 Å². The summed E-state index contributed by atoms with van der Waals surface area (Å²) in [6.45, 7) is 3.61. The molecule has 1 atom stereocenters. The maximum Gasteiger partial charge on any atom is 0.375 e. The summed E-state index contributed by atoms with van der Waals surface area (Å²) in [6.07, 6.45) is 0. The maximum atomic E-state index is 10.5. The van der Waals surface area contributed by atoms with E-state index in [1.165, 1.54) is 0 Å². The Bertz CT molecular complexity index is 346. The summed E-state index contributed by atoms with van der Waals surface area (Å²) in [7, 11) is 0. The molecule has 6 nitrogen and oxygen atoms in total. The van der Waals surface area contributed by atoms with Crippen molar-refractivity contribution in [3.63, 3.8) is 0 Å². The Balaban J connectivity index is 2.33. The van der Waals surface area contributed by atoms with Gasteiger partial charge in [-0.15, -0.1) is 5.10 Å². The molecule has 0 amide bonds. The fourth-order valence-electron chi connectivity index (χ4n) is 1.32.